The summed E-state index contributed by atoms with van der Waals surface area (Å²) in [6.07, 6.45) is 0. The smallest absolute Gasteiger partial charge is 0.143 e. The van der Waals surface area contributed by atoms with E-state index in [2.05, 4.69) is 0 Å². The van der Waals surface area contributed by atoms with Crippen LogP contribution in [0, 0.1) is 5.82 Å². The molecule has 2 rings (SSSR count). The summed E-state index contributed by atoms with van der Waals surface area (Å²) in [5.74, 6) is -0.477. The second-order valence-corrected chi connectivity index (χ2v) is 7.73. The van der Waals surface area contributed by atoms with Gasteiger partial charge in [-0.3, -0.25) is 0 Å². The lowest BCUT2D eigenvalue weighted by molar-refractivity contribution is 0.585. The average Bonchev–Trinajstić information content (AvgIpc) is 2.28. The standard InChI is InChI=1S/C14H15FNOP/c1-18(2,17)14-12(16)9-8-11(13(14)15)10-6-4-3-5-7-10/h3-9H,16H2,1-2H3. The predicted molar refractivity (Wildman–Crippen MR) is 75.3 cm³/mol. The molecule has 0 saturated carbocycles. The minimum Gasteiger partial charge on any atom is -0.398 e. The maximum absolute atomic E-state index is 14.5. The molecule has 4 heteroatoms. The highest BCUT2D eigenvalue weighted by Crippen LogP contribution is 2.40. The van der Waals surface area contributed by atoms with Crippen LogP contribution in [0.5, 0.6) is 0 Å². The minimum absolute atomic E-state index is 0.142. The van der Waals surface area contributed by atoms with Crippen LogP contribution in [-0.2, 0) is 4.57 Å². The Morgan fingerprint density at radius 3 is 2.22 bits per heavy atom. The molecule has 0 fully saturated rings. The van der Waals surface area contributed by atoms with Crippen molar-refractivity contribution in [3.63, 3.8) is 0 Å². The fraction of sp³-hybridized carbons (Fsp3) is 0.143. The first kappa shape index (κ1) is 12.8. The van der Waals surface area contributed by atoms with E-state index in [4.69, 9.17) is 5.73 Å². The zero-order valence-electron chi connectivity index (χ0n) is 10.4. The number of halogens is 1. The molecule has 2 aromatic rings. The SMILES string of the molecule is CP(C)(=O)c1c(N)ccc(-c2ccccc2)c1F. The number of rotatable bonds is 2. The monoisotopic (exact) mass is 263 g/mol. The summed E-state index contributed by atoms with van der Waals surface area (Å²) in [7, 11) is -2.74. The van der Waals surface area contributed by atoms with Crippen molar-refractivity contribution >= 4 is 18.1 Å². The van der Waals surface area contributed by atoms with E-state index in [9.17, 15) is 8.96 Å². The summed E-state index contributed by atoms with van der Waals surface area (Å²) in [4.78, 5) is 0. The molecule has 0 aromatic heterocycles. The maximum Gasteiger partial charge on any atom is 0.143 e. The molecule has 18 heavy (non-hydrogen) atoms. The lowest BCUT2D eigenvalue weighted by Crippen LogP contribution is -2.15. The second-order valence-electron chi connectivity index (χ2n) is 4.58. The molecule has 0 aliphatic heterocycles. The largest absolute Gasteiger partial charge is 0.398 e. The fourth-order valence-electron chi connectivity index (χ4n) is 1.97. The Kier molecular flexibility index (Phi) is 3.27. The third kappa shape index (κ3) is 2.32. The van der Waals surface area contributed by atoms with Gasteiger partial charge in [0.25, 0.3) is 0 Å². The van der Waals surface area contributed by atoms with Crippen LogP contribution in [0.15, 0.2) is 42.5 Å². The molecular formula is C14H15FNOP. The molecule has 0 bridgehead atoms. The minimum atomic E-state index is -2.74. The Hall–Kier alpha value is -1.60. The molecule has 0 aliphatic carbocycles. The van der Waals surface area contributed by atoms with Crippen LogP contribution in [0.4, 0.5) is 10.1 Å². The highest BCUT2D eigenvalue weighted by Gasteiger charge is 2.22. The molecule has 0 atom stereocenters. The van der Waals surface area contributed by atoms with Crippen LogP contribution in [0.2, 0.25) is 0 Å². The van der Waals surface area contributed by atoms with Gasteiger partial charge in [0.1, 0.15) is 13.0 Å². The number of nitrogen functional groups attached to an aromatic ring is 1. The van der Waals surface area contributed by atoms with E-state index in [0.29, 0.717) is 5.56 Å². The summed E-state index contributed by atoms with van der Waals surface area (Å²) >= 11 is 0. The molecule has 2 N–H and O–H groups in total. The van der Waals surface area contributed by atoms with Crippen molar-refractivity contribution in [1.82, 2.24) is 0 Å². The normalized spacial score (nSPS) is 11.5. The molecule has 94 valence electrons. The lowest BCUT2D eigenvalue weighted by Gasteiger charge is -2.14. The van der Waals surface area contributed by atoms with Gasteiger partial charge in [-0.2, -0.15) is 0 Å². The van der Waals surface area contributed by atoms with Gasteiger partial charge in [-0.15, -0.1) is 0 Å². The van der Waals surface area contributed by atoms with Crippen LogP contribution in [0.3, 0.4) is 0 Å². The summed E-state index contributed by atoms with van der Waals surface area (Å²) in [5.41, 5.74) is 7.18. The fourth-order valence-corrected chi connectivity index (χ4v) is 3.26. The van der Waals surface area contributed by atoms with Crippen molar-refractivity contribution in [2.45, 2.75) is 0 Å². The van der Waals surface area contributed by atoms with E-state index < -0.39 is 13.0 Å². The van der Waals surface area contributed by atoms with E-state index in [1.54, 1.807) is 12.1 Å². The highest BCUT2D eigenvalue weighted by atomic mass is 31.2. The van der Waals surface area contributed by atoms with Crippen LogP contribution >= 0.6 is 7.14 Å². The quantitative estimate of drug-likeness (QED) is 0.667. The van der Waals surface area contributed by atoms with Gasteiger partial charge in [-0.1, -0.05) is 30.3 Å². The van der Waals surface area contributed by atoms with Crippen molar-refractivity contribution in [1.29, 1.82) is 0 Å². The van der Waals surface area contributed by atoms with Crippen molar-refractivity contribution in [3.05, 3.63) is 48.3 Å². The molecule has 0 radical (unpaired) electrons. The van der Waals surface area contributed by atoms with Gasteiger partial charge < -0.3 is 10.3 Å². The molecule has 0 amide bonds. The summed E-state index contributed by atoms with van der Waals surface area (Å²) in [6, 6.07) is 12.4. The Bertz CT molecular complexity index is 619. The summed E-state index contributed by atoms with van der Waals surface area (Å²) in [6.45, 7) is 3.05. The number of anilines is 1. The van der Waals surface area contributed by atoms with Crippen LogP contribution < -0.4 is 11.0 Å². The first-order valence-corrected chi connectivity index (χ1v) is 8.20. The molecule has 0 heterocycles. The van der Waals surface area contributed by atoms with Gasteiger partial charge in [0.05, 0.1) is 5.30 Å². The molecule has 0 aliphatic rings. The maximum atomic E-state index is 14.5. The number of nitrogens with two attached hydrogens (primary N) is 1. The van der Waals surface area contributed by atoms with E-state index >= 15 is 0 Å². The summed E-state index contributed by atoms with van der Waals surface area (Å²) in [5, 5.41) is 0.142. The van der Waals surface area contributed by atoms with Crippen LogP contribution in [-0.4, -0.2) is 13.3 Å². The first-order valence-electron chi connectivity index (χ1n) is 5.60. The van der Waals surface area contributed by atoms with Crippen molar-refractivity contribution < 1.29 is 8.96 Å². The Morgan fingerprint density at radius 2 is 1.67 bits per heavy atom. The predicted octanol–water partition coefficient (Wildman–Crippen LogP) is 3.32. The molecular weight excluding hydrogens is 248 g/mol. The zero-order valence-corrected chi connectivity index (χ0v) is 11.2. The third-order valence-electron chi connectivity index (χ3n) is 2.77. The van der Waals surface area contributed by atoms with Crippen molar-refractivity contribution in [2.75, 3.05) is 19.1 Å². The van der Waals surface area contributed by atoms with Crippen LogP contribution in [0.25, 0.3) is 11.1 Å². The zero-order chi connectivity index (χ0) is 13.3. The number of benzene rings is 2. The van der Waals surface area contributed by atoms with E-state index in [0.717, 1.165) is 5.56 Å². The number of hydrogen-bond acceptors (Lipinski definition) is 2. The second kappa shape index (κ2) is 4.58. The summed E-state index contributed by atoms with van der Waals surface area (Å²) < 4.78 is 26.6. The first-order chi connectivity index (χ1) is 8.41. The molecule has 0 spiro atoms. The van der Waals surface area contributed by atoms with E-state index in [1.807, 2.05) is 30.3 Å². The molecule has 0 saturated heterocycles. The Morgan fingerprint density at radius 1 is 1.06 bits per heavy atom. The van der Waals surface area contributed by atoms with Crippen LogP contribution in [0.1, 0.15) is 0 Å². The average molecular weight is 263 g/mol. The van der Waals surface area contributed by atoms with Gasteiger partial charge in [0, 0.05) is 11.3 Å². The Balaban J connectivity index is 2.70. The van der Waals surface area contributed by atoms with Gasteiger partial charge in [0.2, 0.25) is 0 Å². The lowest BCUT2D eigenvalue weighted by atomic mass is 10.0. The van der Waals surface area contributed by atoms with Gasteiger partial charge >= 0.3 is 0 Å². The third-order valence-corrected chi connectivity index (χ3v) is 4.30. The van der Waals surface area contributed by atoms with Crippen molar-refractivity contribution in [3.8, 4) is 11.1 Å². The highest BCUT2D eigenvalue weighted by molar-refractivity contribution is 7.70. The molecule has 0 unspecified atom stereocenters. The topological polar surface area (TPSA) is 43.1 Å². The van der Waals surface area contributed by atoms with Gasteiger partial charge in [-0.25, -0.2) is 4.39 Å². The molecule has 2 nitrogen and oxygen atoms in total. The Labute approximate surface area is 106 Å². The van der Waals surface area contributed by atoms with Gasteiger partial charge in [0.15, 0.2) is 0 Å². The van der Waals surface area contributed by atoms with E-state index in [1.165, 1.54) is 13.3 Å². The van der Waals surface area contributed by atoms with E-state index in [-0.39, 0.29) is 11.0 Å². The van der Waals surface area contributed by atoms with Crippen molar-refractivity contribution in [2.24, 2.45) is 0 Å². The number of hydrogen-bond donors (Lipinski definition) is 1. The van der Waals surface area contributed by atoms with Gasteiger partial charge in [-0.05, 0) is 31.0 Å². The molecule has 2 aromatic carbocycles.